The van der Waals surface area contributed by atoms with Crippen molar-refractivity contribution in [2.45, 2.75) is 13.3 Å². The predicted octanol–water partition coefficient (Wildman–Crippen LogP) is 0.994. The van der Waals surface area contributed by atoms with Gasteiger partial charge in [-0.15, -0.1) is 0 Å². The second-order valence-electron chi connectivity index (χ2n) is 3.40. The van der Waals surface area contributed by atoms with E-state index in [1.807, 2.05) is 0 Å². The van der Waals surface area contributed by atoms with Gasteiger partial charge in [0.2, 0.25) is 0 Å². The molecule has 1 amide bonds. The number of carbonyl (C=O) groups excluding carboxylic acids is 1. The van der Waals surface area contributed by atoms with Gasteiger partial charge in [-0.1, -0.05) is 6.92 Å². The van der Waals surface area contributed by atoms with Gasteiger partial charge in [-0.2, -0.15) is 0 Å². The minimum Gasteiger partial charge on any atom is -0.472 e. The van der Waals surface area contributed by atoms with Crippen molar-refractivity contribution >= 4 is 5.91 Å². The molecule has 0 fully saturated rings. The van der Waals surface area contributed by atoms with Crippen LogP contribution in [0.5, 0.6) is 0 Å². The van der Waals surface area contributed by atoms with Crippen LogP contribution in [-0.2, 0) is 0 Å². The molecule has 0 spiro atoms. The molecule has 0 aliphatic rings. The highest BCUT2D eigenvalue weighted by atomic mass is 16.3. The number of hydrogen-bond acceptors (Lipinski definition) is 3. The van der Waals surface area contributed by atoms with Crippen molar-refractivity contribution in [3.8, 4) is 0 Å². The largest absolute Gasteiger partial charge is 0.472 e. The molecule has 1 unspecified atom stereocenters. The van der Waals surface area contributed by atoms with Crippen molar-refractivity contribution in [2.75, 3.05) is 13.1 Å². The van der Waals surface area contributed by atoms with Gasteiger partial charge in [0, 0.05) is 6.54 Å². The van der Waals surface area contributed by atoms with Crippen molar-refractivity contribution in [2.24, 2.45) is 11.7 Å². The average Bonchev–Trinajstić information content (AvgIpc) is 2.67. The van der Waals surface area contributed by atoms with Gasteiger partial charge < -0.3 is 15.5 Å². The smallest absolute Gasteiger partial charge is 0.254 e. The van der Waals surface area contributed by atoms with E-state index in [9.17, 15) is 4.79 Å². The van der Waals surface area contributed by atoms with E-state index in [0.717, 1.165) is 6.42 Å². The number of furan rings is 1. The summed E-state index contributed by atoms with van der Waals surface area (Å²) in [6.07, 6.45) is 3.84. The summed E-state index contributed by atoms with van der Waals surface area (Å²) >= 11 is 0. The third-order valence-electron chi connectivity index (χ3n) is 2.05. The molecule has 1 rings (SSSR count). The van der Waals surface area contributed by atoms with Gasteiger partial charge >= 0.3 is 0 Å². The number of hydrogen-bond donors (Lipinski definition) is 2. The van der Waals surface area contributed by atoms with Crippen LogP contribution in [0.1, 0.15) is 23.7 Å². The fourth-order valence-electron chi connectivity index (χ4n) is 1.15. The molecule has 4 nitrogen and oxygen atoms in total. The lowest BCUT2D eigenvalue weighted by Crippen LogP contribution is -2.28. The van der Waals surface area contributed by atoms with Crippen LogP contribution >= 0.6 is 0 Å². The maximum atomic E-state index is 11.4. The van der Waals surface area contributed by atoms with Crippen molar-refractivity contribution in [3.63, 3.8) is 0 Å². The molecule has 0 saturated carbocycles. The Kier molecular flexibility index (Phi) is 4.19. The van der Waals surface area contributed by atoms with Crippen LogP contribution in [0.25, 0.3) is 0 Å². The third-order valence-corrected chi connectivity index (χ3v) is 2.05. The first kappa shape index (κ1) is 10.8. The molecule has 1 heterocycles. The van der Waals surface area contributed by atoms with Crippen LogP contribution in [0.4, 0.5) is 0 Å². The van der Waals surface area contributed by atoms with Gasteiger partial charge in [0.25, 0.3) is 5.91 Å². The molecule has 0 saturated heterocycles. The monoisotopic (exact) mass is 196 g/mol. The van der Waals surface area contributed by atoms with Crippen LogP contribution in [0.2, 0.25) is 0 Å². The Labute approximate surface area is 83.5 Å². The number of nitrogens with two attached hydrogens (primary N) is 1. The Morgan fingerprint density at radius 2 is 2.50 bits per heavy atom. The van der Waals surface area contributed by atoms with Crippen molar-refractivity contribution < 1.29 is 9.21 Å². The number of rotatable bonds is 5. The Bertz CT molecular complexity index is 270. The van der Waals surface area contributed by atoms with E-state index in [0.29, 0.717) is 24.6 Å². The van der Waals surface area contributed by atoms with E-state index >= 15 is 0 Å². The van der Waals surface area contributed by atoms with E-state index in [1.54, 1.807) is 6.07 Å². The summed E-state index contributed by atoms with van der Waals surface area (Å²) < 4.78 is 4.81. The maximum Gasteiger partial charge on any atom is 0.254 e. The fraction of sp³-hybridized carbons (Fsp3) is 0.500. The van der Waals surface area contributed by atoms with E-state index in [-0.39, 0.29) is 5.91 Å². The Morgan fingerprint density at radius 3 is 3.07 bits per heavy atom. The maximum absolute atomic E-state index is 11.4. The molecule has 0 aliphatic carbocycles. The molecule has 1 atom stereocenters. The summed E-state index contributed by atoms with van der Waals surface area (Å²) in [7, 11) is 0. The fourth-order valence-corrected chi connectivity index (χ4v) is 1.15. The number of nitrogens with one attached hydrogen (secondary N) is 1. The van der Waals surface area contributed by atoms with Gasteiger partial charge in [-0.3, -0.25) is 4.79 Å². The molecule has 78 valence electrons. The summed E-state index contributed by atoms with van der Waals surface area (Å²) in [5, 5.41) is 2.82. The molecule has 0 aromatic carbocycles. The molecule has 4 heteroatoms. The third kappa shape index (κ3) is 3.22. The summed E-state index contributed by atoms with van der Waals surface area (Å²) in [6.45, 7) is 3.37. The van der Waals surface area contributed by atoms with E-state index in [1.165, 1.54) is 12.5 Å². The zero-order valence-electron chi connectivity index (χ0n) is 8.32. The molecular formula is C10H16N2O2. The lowest BCUT2D eigenvalue weighted by molar-refractivity contribution is 0.0947. The first-order valence-corrected chi connectivity index (χ1v) is 4.74. The Hall–Kier alpha value is -1.29. The molecule has 0 bridgehead atoms. The number of carbonyl (C=O) groups is 1. The van der Waals surface area contributed by atoms with E-state index < -0.39 is 0 Å². The molecular weight excluding hydrogens is 180 g/mol. The molecule has 0 aliphatic heterocycles. The lowest BCUT2D eigenvalue weighted by Gasteiger charge is -2.10. The second-order valence-corrected chi connectivity index (χ2v) is 3.40. The van der Waals surface area contributed by atoms with Gasteiger partial charge in [-0.05, 0) is 24.9 Å². The zero-order valence-corrected chi connectivity index (χ0v) is 8.32. The Morgan fingerprint density at radius 1 is 1.71 bits per heavy atom. The summed E-state index contributed by atoms with van der Waals surface area (Å²) in [6, 6.07) is 1.64. The van der Waals surface area contributed by atoms with E-state index in [2.05, 4.69) is 12.2 Å². The van der Waals surface area contributed by atoms with Gasteiger partial charge in [0.1, 0.15) is 6.26 Å². The van der Waals surface area contributed by atoms with Crippen LogP contribution in [0.15, 0.2) is 23.0 Å². The average molecular weight is 196 g/mol. The van der Waals surface area contributed by atoms with Crippen molar-refractivity contribution in [3.05, 3.63) is 24.2 Å². The molecule has 1 aromatic rings. The summed E-state index contributed by atoms with van der Waals surface area (Å²) in [5.41, 5.74) is 5.96. The van der Waals surface area contributed by atoms with Crippen LogP contribution in [-0.4, -0.2) is 19.0 Å². The van der Waals surface area contributed by atoms with Crippen molar-refractivity contribution in [1.29, 1.82) is 0 Å². The summed E-state index contributed by atoms with van der Waals surface area (Å²) in [4.78, 5) is 11.4. The minimum atomic E-state index is -0.0948. The van der Waals surface area contributed by atoms with Gasteiger partial charge in [0.15, 0.2) is 0 Å². The number of amides is 1. The zero-order chi connectivity index (χ0) is 10.4. The van der Waals surface area contributed by atoms with E-state index in [4.69, 9.17) is 10.2 Å². The first-order chi connectivity index (χ1) is 6.74. The molecule has 1 aromatic heterocycles. The normalized spacial score (nSPS) is 12.4. The predicted molar refractivity (Wildman–Crippen MR) is 53.9 cm³/mol. The quantitative estimate of drug-likeness (QED) is 0.738. The topological polar surface area (TPSA) is 68.3 Å². The van der Waals surface area contributed by atoms with Gasteiger partial charge in [0.05, 0.1) is 11.8 Å². The van der Waals surface area contributed by atoms with Crippen LogP contribution < -0.4 is 11.1 Å². The molecule has 3 N–H and O–H groups in total. The van der Waals surface area contributed by atoms with Crippen molar-refractivity contribution in [1.82, 2.24) is 5.32 Å². The van der Waals surface area contributed by atoms with Crippen LogP contribution in [0, 0.1) is 5.92 Å². The highest BCUT2D eigenvalue weighted by molar-refractivity contribution is 5.93. The first-order valence-electron chi connectivity index (χ1n) is 4.74. The minimum absolute atomic E-state index is 0.0948. The SMILES string of the molecule is CC(CCN)CNC(=O)c1ccoc1. The van der Waals surface area contributed by atoms with Crippen LogP contribution in [0.3, 0.4) is 0 Å². The second kappa shape index (κ2) is 5.44. The molecule has 14 heavy (non-hydrogen) atoms. The lowest BCUT2D eigenvalue weighted by atomic mass is 10.1. The standard InChI is InChI=1S/C10H16N2O2/c1-8(2-4-11)6-12-10(13)9-3-5-14-7-9/h3,5,7-8H,2,4,6,11H2,1H3,(H,12,13). The Balaban J connectivity index is 2.28. The highest BCUT2D eigenvalue weighted by Gasteiger charge is 2.07. The highest BCUT2D eigenvalue weighted by Crippen LogP contribution is 2.01. The molecule has 0 radical (unpaired) electrons. The summed E-state index contributed by atoms with van der Waals surface area (Å²) in [5.74, 6) is 0.318. The van der Waals surface area contributed by atoms with Gasteiger partial charge in [-0.25, -0.2) is 0 Å².